The van der Waals surface area contributed by atoms with Crippen molar-refractivity contribution in [1.29, 1.82) is 0 Å². The van der Waals surface area contributed by atoms with Gasteiger partial charge >= 0.3 is 5.97 Å². The summed E-state index contributed by atoms with van der Waals surface area (Å²) in [6, 6.07) is 17.9. The molecule has 0 saturated heterocycles. The second kappa shape index (κ2) is 8.34. The zero-order chi connectivity index (χ0) is 18.4. The summed E-state index contributed by atoms with van der Waals surface area (Å²) in [6.07, 6.45) is 2.18. The summed E-state index contributed by atoms with van der Waals surface area (Å²) in [6.45, 7) is 2.71. The van der Waals surface area contributed by atoms with Gasteiger partial charge in [0.2, 0.25) is 0 Å². The van der Waals surface area contributed by atoms with Crippen molar-refractivity contribution >= 4 is 22.8 Å². The molecule has 0 radical (unpaired) electrons. The number of carbonyl (C=O) groups is 2. The molecular formula is C21H22N2O3. The van der Waals surface area contributed by atoms with Crippen LogP contribution in [0.25, 0.3) is 10.9 Å². The number of hydrogen-bond acceptors (Lipinski definition) is 3. The molecule has 0 spiro atoms. The number of benzene rings is 2. The zero-order valence-corrected chi connectivity index (χ0v) is 14.8. The number of para-hydroxylation sites is 1. The molecule has 1 N–H and O–H groups in total. The van der Waals surface area contributed by atoms with Gasteiger partial charge in [0.1, 0.15) is 0 Å². The van der Waals surface area contributed by atoms with Crippen molar-refractivity contribution in [2.45, 2.75) is 26.4 Å². The highest BCUT2D eigenvalue weighted by atomic mass is 16.5. The third-order valence-electron chi connectivity index (χ3n) is 4.21. The van der Waals surface area contributed by atoms with Gasteiger partial charge in [0, 0.05) is 24.8 Å². The molecule has 0 aliphatic carbocycles. The third kappa shape index (κ3) is 4.72. The molecule has 5 nitrogen and oxygen atoms in total. The molecule has 3 aromatic rings. The summed E-state index contributed by atoms with van der Waals surface area (Å²) in [4.78, 5) is 23.7. The van der Waals surface area contributed by atoms with Gasteiger partial charge in [-0.1, -0.05) is 48.0 Å². The molecule has 5 heteroatoms. The number of aryl methyl sites for hydroxylation is 2. The molecule has 26 heavy (non-hydrogen) atoms. The van der Waals surface area contributed by atoms with Gasteiger partial charge < -0.3 is 14.6 Å². The second-order valence-electron chi connectivity index (χ2n) is 6.24. The summed E-state index contributed by atoms with van der Waals surface area (Å²) < 4.78 is 7.07. The van der Waals surface area contributed by atoms with Crippen LogP contribution in [0.3, 0.4) is 0 Å². The van der Waals surface area contributed by atoms with Gasteiger partial charge in [0.25, 0.3) is 5.91 Å². The highest BCUT2D eigenvalue weighted by Crippen LogP contribution is 2.15. The molecule has 0 aliphatic rings. The molecule has 2 aromatic carbocycles. The summed E-state index contributed by atoms with van der Waals surface area (Å²) in [5.74, 6) is -0.682. The minimum atomic E-state index is -0.381. The van der Waals surface area contributed by atoms with E-state index in [1.54, 1.807) is 0 Å². The van der Waals surface area contributed by atoms with E-state index >= 15 is 0 Å². The first-order chi connectivity index (χ1) is 12.6. The molecule has 1 heterocycles. The number of aromatic nitrogens is 1. The van der Waals surface area contributed by atoms with Crippen LogP contribution in [0.4, 0.5) is 0 Å². The lowest BCUT2D eigenvalue weighted by molar-refractivity contribution is -0.148. The topological polar surface area (TPSA) is 60.3 Å². The van der Waals surface area contributed by atoms with Crippen LogP contribution in [-0.4, -0.2) is 23.1 Å². The van der Waals surface area contributed by atoms with Crippen LogP contribution in [-0.2, 0) is 27.4 Å². The minimum Gasteiger partial charge on any atom is -0.456 e. The van der Waals surface area contributed by atoms with E-state index in [-0.39, 0.29) is 24.9 Å². The van der Waals surface area contributed by atoms with Crippen LogP contribution in [0, 0.1) is 6.92 Å². The predicted octanol–water partition coefficient (Wildman–Crippen LogP) is 3.20. The molecule has 3 rings (SSSR count). The Morgan fingerprint density at radius 1 is 1.04 bits per heavy atom. The molecule has 1 aromatic heterocycles. The number of hydrogen-bond donors (Lipinski definition) is 1. The fourth-order valence-corrected chi connectivity index (χ4v) is 2.72. The van der Waals surface area contributed by atoms with Crippen molar-refractivity contribution in [1.82, 2.24) is 9.88 Å². The quantitative estimate of drug-likeness (QED) is 0.666. The van der Waals surface area contributed by atoms with Crippen LogP contribution in [0.5, 0.6) is 0 Å². The monoisotopic (exact) mass is 350 g/mol. The lowest BCUT2D eigenvalue weighted by Gasteiger charge is -2.08. The van der Waals surface area contributed by atoms with Crippen LogP contribution >= 0.6 is 0 Å². The van der Waals surface area contributed by atoms with Crippen molar-refractivity contribution in [2.24, 2.45) is 0 Å². The first kappa shape index (κ1) is 17.7. The van der Waals surface area contributed by atoms with E-state index in [4.69, 9.17) is 4.74 Å². The van der Waals surface area contributed by atoms with Crippen molar-refractivity contribution in [3.8, 4) is 0 Å². The molecule has 0 unspecified atom stereocenters. The average molecular weight is 350 g/mol. The Kier molecular flexibility index (Phi) is 5.69. The Labute approximate surface area is 152 Å². The van der Waals surface area contributed by atoms with E-state index in [2.05, 4.69) is 5.32 Å². The summed E-state index contributed by atoms with van der Waals surface area (Å²) in [5.41, 5.74) is 3.26. The number of carbonyl (C=O) groups excluding carboxylic acids is 2. The van der Waals surface area contributed by atoms with E-state index in [9.17, 15) is 9.59 Å². The van der Waals surface area contributed by atoms with E-state index in [1.165, 1.54) is 5.56 Å². The SMILES string of the molecule is Cc1ccc(CNC(=O)COC(=O)CCn2ccc3ccccc32)cc1. The summed E-state index contributed by atoms with van der Waals surface area (Å²) in [5, 5.41) is 3.88. The lowest BCUT2D eigenvalue weighted by Crippen LogP contribution is -2.28. The molecule has 0 aliphatic heterocycles. The van der Waals surface area contributed by atoms with Crippen molar-refractivity contribution in [2.75, 3.05) is 6.61 Å². The molecule has 0 fully saturated rings. The Balaban J connectivity index is 1.39. The van der Waals surface area contributed by atoms with E-state index in [0.29, 0.717) is 13.1 Å². The number of ether oxygens (including phenoxy) is 1. The molecule has 0 bridgehead atoms. The smallest absolute Gasteiger partial charge is 0.308 e. The van der Waals surface area contributed by atoms with Gasteiger partial charge in [-0.05, 0) is 30.0 Å². The number of amides is 1. The Bertz CT molecular complexity index is 897. The van der Waals surface area contributed by atoms with Gasteiger partial charge in [0.05, 0.1) is 6.42 Å². The normalized spacial score (nSPS) is 10.7. The maximum absolute atomic E-state index is 11.9. The van der Waals surface area contributed by atoms with Crippen molar-refractivity contribution in [3.63, 3.8) is 0 Å². The fraction of sp³-hybridized carbons (Fsp3) is 0.238. The molecule has 0 atom stereocenters. The van der Waals surface area contributed by atoms with Crippen molar-refractivity contribution in [3.05, 3.63) is 71.9 Å². The van der Waals surface area contributed by atoms with Crippen LogP contribution < -0.4 is 5.32 Å². The Morgan fingerprint density at radius 3 is 2.62 bits per heavy atom. The zero-order valence-electron chi connectivity index (χ0n) is 14.8. The van der Waals surface area contributed by atoms with E-state index in [0.717, 1.165) is 16.5 Å². The minimum absolute atomic E-state index is 0.226. The fourth-order valence-electron chi connectivity index (χ4n) is 2.72. The van der Waals surface area contributed by atoms with E-state index < -0.39 is 0 Å². The maximum atomic E-state index is 11.9. The number of rotatable bonds is 7. The lowest BCUT2D eigenvalue weighted by atomic mass is 10.1. The number of nitrogens with zero attached hydrogens (tertiary/aromatic N) is 1. The largest absolute Gasteiger partial charge is 0.456 e. The first-order valence-electron chi connectivity index (χ1n) is 8.63. The highest BCUT2D eigenvalue weighted by molar-refractivity contribution is 5.81. The molecule has 0 saturated carbocycles. The second-order valence-corrected chi connectivity index (χ2v) is 6.24. The molecule has 134 valence electrons. The number of fused-ring (bicyclic) bond motifs is 1. The summed E-state index contributed by atoms with van der Waals surface area (Å²) in [7, 11) is 0. The summed E-state index contributed by atoms with van der Waals surface area (Å²) >= 11 is 0. The van der Waals surface area contributed by atoms with Gasteiger partial charge in [-0.25, -0.2) is 0 Å². The predicted molar refractivity (Wildman–Crippen MR) is 101 cm³/mol. The highest BCUT2D eigenvalue weighted by Gasteiger charge is 2.09. The number of nitrogens with one attached hydrogen (secondary N) is 1. The Hall–Kier alpha value is -3.08. The van der Waals surface area contributed by atoms with Gasteiger partial charge in [-0.2, -0.15) is 0 Å². The first-order valence-corrected chi connectivity index (χ1v) is 8.63. The van der Waals surface area contributed by atoms with Gasteiger partial charge in [-0.15, -0.1) is 0 Å². The average Bonchev–Trinajstić information content (AvgIpc) is 3.07. The van der Waals surface area contributed by atoms with E-state index in [1.807, 2.05) is 72.3 Å². The molecule has 1 amide bonds. The van der Waals surface area contributed by atoms with Crippen LogP contribution in [0.15, 0.2) is 60.8 Å². The van der Waals surface area contributed by atoms with Crippen LogP contribution in [0.2, 0.25) is 0 Å². The van der Waals surface area contributed by atoms with Crippen molar-refractivity contribution < 1.29 is 14.3 Å². The Morgan fingerprint density at radius 2 is 1.81 bits per heavy atom. The standard InChI is InChI=1S/C21H22N2O3/c1-16-6-8-17(9-7-16)14-22-20(24)15-26-21(25)11-13-23-12-10-18-4-2-3-5-19(18)23/h2-10,12H,11,13-15H2,1H3,(H,22,24). The van der Waals surface area contributed by atoms with Gasteiger partial charge in [0.15, 0.2) is 6.61 Å². The number of esters is 1. The van der Waals surface area contributed by atoms with Crippen LogP contribution in [0.1, 0.15) is 17.5 Å². The van der Waals surface area contributed by atoms with Gasteiger partial charge in [-0.3, -0.25) is 9.59 Å². The third-order valence-corrected chi connectivity index (χ3v) is 4.21. The maximum Gasteiger partial charge on any atom is 0.308 e. The molecular weight excluding hydrogens is 328 g/mol.